The van der Waals surface area contributed by atoms with Crippen LogP contribution >= 0.6 is 0 Å². The highest BCUT2D eigenvalue weighted by Gasteiger charge is 2.24. The molecule has 0 aromatic carbocycles. The van der Waals surface area contributed by atoms with Crippen LogP contribution in [0.5, 0.6) is 0 Å². The molecule has 1 heterocycles. The number of carbonyl (C=O) groups is 1. The molecule has 1 aromatic rings. The molecule has 2 N–H and O–H groups in total. The van der Waals surface area contributed by atoms with Crippen molar-refractivity contribution in [2.45, 2.75) is 51.2 Å². The Morgan fingerprint density at radius 3 is 2.52 bits per heavy atom. The normalized spacial score (nSPS) is 22.0. The highest BCUT2D eigenvalue weighted by molar-refractivity contribution is 5.93. The van der Waals surface area contributed by atoms with Crippen molar-refractivity contribution in [1.82, 2.24) is 15.2 Å². The number of hydrogen-bond acceptors (Lipinski definition) is 4. The Morgan fingerprint density at radius 1 is 1.38 bits per heavy atom. The van der Waals surface area contributed by atoms with Crippen molar-refractivity contribution in [3.8, 4) is 0 Å². The summed E-state index contributed by atoms with van der Waals surface area (Å²) in [5, 5.41) is 17.1. The molecule has 1 aliphatic carbocycles. The summed E-state index contributed by atoms with van der Waals surface area (Å²) < 4.78 is 1.62. The van der Waals surface area contributed by atoms with Gasteiger partial charge in [0.25, 0.3) is 11.6 Å². The van der Waals surface area contributed by atoms with Crippen LogP contribution in [0.15, 0.2) is 12.3 Å². The molecule has 0 unspecified atom stereocenters. The summed E-state index contributed by atoms with van der Waals surface area (Å²) in [6, 6.07) is 2.03. The van der Waals surface area contributed by atoms with Crippen molar-refractivity contribution >= 4 is 11.6 Å². The molecule has 21 heavy (non-hydrogen) atoms. The Morgan fingerprint density at radius 2 is 2.00 bits per heavy atom. The Balaban J connectivity index is 2.02. The minimum absolute atomic E-state index is 0.0408. The van der Waals surface area contributed by atoms with E-state index in [1.807, 2.05) is 14.0 Å². The number of amides is 1. The highest BCUT2D eigenvalue weighted by Crippen LogP contribution is 2.20. The molecule has 0 saturated heterocycles. The molecule has 0 atom stereocenters. The fraction of sp³-hybridized carbons (Fsp3) is 0.643. The van der Waals surface area contributed by atoms with Gasteiger partial charge >= 0.3 is 0 Å². The molecule has 0 radical (unpaired) electrons. The minimum atomic E-state index is -0.471. The third-order valence-electron chi connectivity index (χ3n) is 4.14. The smallest absolute Gasteiger partial charge is 0.287 e. The lowest BCUT2D eigenvalue weighted by Crippen LogP contribution is -2.41. The summed E-state index contributed by atoms with van der Waals surface area (Å²) in [6.07, 6.45) is 5.36. The van der Waals surface area contributed by atoms with Gasteiger partial charge < -0.3 is 15.2 Å². The summed E-state index contributed by atoms with van der Waals surface area (Å²) in [7, 11) is 1.96. The largest absolute Gasteiger partial charge is 0.348 e. The molecule has 1 amide bonds. The Hall–Kier alpha value is -1.89. The zero-order valence-electron chi connectivity index (χ0n) is 12.5. The molecule has 1 fully saturated rings. The molecule has 0 bridgehead atoms. The first-order valence-electron chi connectivity index (χ1n) is 7.37. The van der Waals surface area contributed by atoms with Gasteiger partial charge in [0.1, 0.15) is 5.69 Å². The van der Waals surface area contributed by atoms with Crippen LogP contribution in [0.3, 0.4) is 0 Å². The van der Waals surface area contributed by atoms with E-state index in [0.717, 1.165) is 25.7 Å². The van der Waals surface area contributed by atoms with Crippen molar-refractivity contribution in [2.75, 3.05) is 7.05 Å². The molecular formula is C14H22N4O3. The molecule has 0 spiro atoms. The summed E-state index contributed by atoms with van der Waals surface area (Å²) in [5.74, 6) is -0.224. The minimum Gasteiger partial charge on any atom is -0.348 e. The maximum atomic E-state index is 12.3. The molecule has 2 rings (SSSR count). The van der Waals surface area contributed by atoms with Crippen LogP contribution in [0.1, 0.15) is 43.1 Å². The van der Waals surface area contributed by atoms with E-state index in [1.54, 1.807) is 4.57 Å². The van der Waals surface area contributed by atoms with Crippen molar-refractivity contribution in [1.29, 1.82) is 0 Å². The van der Waals surface area contributed by atoms with E-state index < -0.39 is 4.92 Å². The first-order valence-corrected chi connectivity index (χ1v) is 7.37. The maximum Gasteiger partial charge on any atom is 0.287 e. The molecular weight excluding hydrogens is 272 g/mol. The second kappa shape index (κ2) is 6.71. The number of aryl methyl sites for hydroxylation is 1. The van der Waals surface area contributed by atoms with Gasteiger partial charge in [-0.05, 0) is 39.7 Å². The van der Waals surface area contributed by atoms with Gasteiger partial charge in [-0.25, -0.2) is 0 Å². The third kappa shape index (κ3) is 3.60. The van der Waals surface area contributed by atoms with Gasteiger partial charge in [0.05, 0.1) is 11.1 Å². The second-order valence-electron chi connectivity index (χ2n) is 5.44. The van der Waals surface area contributed by atoms with Crippen molar-refractivity contribution in [2.24, 2.45) is 0 Å². The molecule has 1 aromatic heterocycles. The number of nitro groups is 1. The van der Waals surface area contributed by atoms with Gasteiger partial charge in [-0.1, -0.05) is 0 Å². The van der Waals surface area contributed by atoms with Crippen molar-refractivity contribution in [3.05, 3.63) is 28.1 Å². The van der Waals surface area contributed by atoms with Crippen LogP contribution in [0.4, 0.5) is 5.69 Å². The summed E-state index contributed by atoms with van der Waals surface area (Å²) >= 11 is 0. The first kappa shape index (κ1) is 15.5. The van der Waals surface area contributed by atoms with Gasteiger partial charge in [0.15, 0.2) is 0 Å². The number of hydrogen-bond donors (Lipinski definition) is 2. The van der Waals surface area contributed by atoms with Gasteiger partial charge in [0, 0.05) is 24.7 Å². The number of rotatable bonds is 5. The molecule has 7 heteroatoms. The lowest BCUT2D eigenvalue weighted by atomic mass is 9.91. The maximum absolute atomic E-state index is 12.3. The van der Waals surface area contributed by atoms with E-state index in [1.165, 1.54) is 12.3 Å². The van der Waals surface area contributed by atoms with Crippen LogP contribution in [0.2, 0.25) is 0 Å². The molecule has 0 aliphatic heterocycles. The lowest BCUT2D eigenvalue weighted by Gasteiger charge is -2.28. The van der Waals surface area contributed by atoms with E-state index in [4.69, 9.17) is 0 Å². The second-order valence-corrected chi connectivity index (χ2v) is 5.44. The van der Waals surface area contributed by atoms with Crippen LogP contribution in [-0.2, 0) is 6.54 Å². The average Bonchev–Trinajstić information content (AvgIpc) is 2.92. The quantitative estimate of drug-likeness (QED) is 0.638. The molecule has 1 saturated carbocycles. The average molecular weight is 294 g/mol. The summed E-state index contributed by atoms with van der Waals surface area (Å²) in [6.45, 7) is 2.39. The van der Waals surface area contributed by atoms with Crippen molar-refractivity contribution in [3.63, 3.8) is 0 Å². The first-order chi connectivity index (χ1) is 10.0. The Kier molecular flexibility index (Phi) is 4.95. The third-order valence-corrected chi connectivity index (χ3v) is 4.14. The monoisotopic (exact) mass is 294 g/mol. The molecule has 1 aliphatic rings. The van der Waals surface area contributed by atoms with Crippen LogP contribution in [-0.4, -0.2) is 34.5 Å². The topological polar surface area (TPSA) is 89.2 Å². The van der Waals surface area contributed by atoms with Crippen LogP contribution in [0, 0.1) is 10.1 Å². The van der Waals surface area contributed by atoms with Crippen molar-refractivity contribution < 1.29 is 9.72 Å². The molecule has 7 nitrogen and oxygen atoms in total. The SMILES string of the molecule is CCn1cc([N+](=O)[O-])cc1C(=O)NC1CCC(NC)CC1. The predicted molar refractivity (Wildman–Crippen MR) is 79.3 cm³/mol. The van der Waals surface area contributed by atoms with Crippen LogP contribution < -0.4 is 10.6 Å². The van der Waals surface area contributed by atoms with Gasteiger partial charge in [-0.3, -0.25) is 14.9 Å². The van der Waals surface area contributed by atoms with E-state index in [9.17, 15) is 14.9 Å². The highest BCUT2D eigenvalue weighted by atomic mass is 16.6. The van der Waals surface area contributed by atoms with E-state index in [2.05, 4.69) is 10.6 Å². The Bertz CT molecular complexity index is 518. The standard InChI is InChI=1S/C14H22N4O3/c1-3-17-9-12(18(20)21)8-13(17)14(19)16-11-6-4-10(15-2)5-7-11/h8-11,15H,3-7H2,1-2H3,(H,16,19). The fourth-order valence-corrected chi connectivity index (χ4v) is 2.83. The van der Waals surface area contributed by atoms with Gasteiger partial charge in [-0.15, -0.1) is 0 Å². The van der Waals surface area contributed by atoms with Gasteiger partial charge in [-0.2, -0.15) is 0 Å². The number of nitrogens with one attached hydrogen (secondary N) is 2. The van der Waals surface area contributed by atoms with E-state index >= 15 is 0 Å². The summed E-state index contributed by atoms with van der Waals surface area (Å²) in [5.41, 5.74) is 0.320. The van der Waals surface area contributed by atoms with E-state index in [-0.39, 0.29) is 17.6 Å². The molecule has 116 valence electrons. The summed E-state index contributed by atoms with van der Waals surface area (Å²) in [4.78, 5) is 22.7. The van der Waals surface area contributed by atoms with Gasteiger partial charge in [0.2, 0.25) is 0 Å². The number of aromatic nitrogens is 1. The lowest BCUT2D eigenvalue weighted by molar-refractivity contribution is -0.384. The fourth-order valence-electron chi connectivity index (χ4n) is 2.83. The zero-order valence-corrected chi connectivity index (χ0v) is 12.5. The van der Waals surface area contributed by atoms with E-state index in [0.29, 0.717) is 18.3 Å². The van der Waals surface area contributed by atoms with Crippen LogP contribution in [0.25, 0.3) is 0 Å². The Labute approximate surface area is 123 Å². The zero-order chi connectivity index (χ0) is 15.4. The predicted octanol–water partition coefficient (Wildman–Crippen LogP) is 1.68. The number of carbonyl (C=O) groups excluding carboxylic acids is 1. The number of nitrogens with zero attached hydrogens (tertiary/aromatic N) is 2.